The Labute approximate surface area is 95.0 Å². The molecule has 0 amide bonds. The Morgan fingerprint density at radius 2 is 1.25 bits per heavy atom. The summed E-state index contributed by atoms with van der Waals surface area (Å²) in [4.78, 5) is 0. The Bertz CT molecular complexity index is 377. The van der Waals surface area contributed by atoms with E-state index in [2.05, 4.69) is 0 Å². The van der Waals surface area contributed by atoms with Crippen LogP contribution >= 0.6 is 0 Å². The molecule has 0 aromatic heterocycles. The Kier molecular flexibility index (Phi) is 0.966. The second-order valence-corrected chi connectivity index (χ2v) is 7.63. The Balaban J connectivity index is 1.67. The standard InChI is InChI=1S/C14H18O2/c15-2-14(3-16)12-8-4-1-5-7-6(4)10(12)11(7)13(14)9(5)8/h4-13,15-16H,1-3H2/t4-,5+,6+,7-,8-,9-,10-,11+,12-,13-/m1/s1. The van der Waals surface area contributed by atoms with Crippen LogP contribution in [0.1, 0.15) is 6.42 Å². The van der Waals surface area contributed by atoms with Crippen molar-refractivity contribution in [1.29, 1.82) is 0 Å². The molecule has 7 saturated carbocycles. The molecular formula is C14H18O2. The van der Waals surface area contributed by atoms with Gasteiger partial charge in [-0.3, -0.25) is 0 Å². The highest BCUT2D eigenvalue weighted by atomic mass is 16.3. The van der Waals surface area contributed by atoms with Gasteiger partial charge in [-0.1, -0.05) is 0 Å². The molecule has 16 heavy (non-hydrogen) atoms. The summed E-state index contributed by atoms with van der Waals surface area (Å²) in [6.45, 7) is 0.523. The Morgan fingerprint density at radius 3 is 1.69 bits per heavy atom. The van der Waals surface area contributed by atoms with Crippen molar-refractivity contribution in [1.82, 2.24) is 0 Å². The first kappa shape index (κ1) is 8.10. The van der Waals surface area contributed by atoms with Crippen LogP contribution in [0.3, 0.4) is 0 Å². The van der Waals surface area contributed by atoms with Crippen LogP contribution in [0, 0.1) is 64.6 Å². The van der Waals surface area contributed by atoms with E-state index in [1.54, 1.807) is 0 Å². The van der Waals surface area contributed by atoms with Crippen molar-refractivity contribution in [3.05, 3.63) is 0 Å². The van der Waals surface area contributed by atoms with Crippen LogP contribution in [0.4, 0.5) is 0 Å². The van der Waals surface area contributed by atoms with Gasteiger partial charge in [0.15, 0.2) is 0 Å². The maximum absolute atomic E-state index is 9.87. The zero-order valence-corrected chi connectivity index (χ0v) is 9.29. The molecule has 7 aliphatic carbocycles. The third-order valence-electron chi connectivity index (χ3n) is 8.32. The van der Waals surface area contributed by atoms with Gasteiger partial charge < -0.3 is 10.2 Å². The van der Waals surface area contributed by atoms with E-state index in [0.29, 0.717) is 0 Å². The van der Waals surface area contributed by atoms with Gasteiger partial charge in [-0.2, -0.15) is 0 Å². The minimum absolute atomic E-state index is 0.0401. The van der Waals surface area contributed by atoms with Gasteiger partial charge in [0.1, 0.15) is 0 Å². The van der Waals surface area contributed by atoms with E-state index < -0.39 is 0 Å². The highest BCUT2D eigenvalue weighted by molar-refractivity contribution is 5.38. The topological polar surface area (TPSA) is 40.5 Å². The molecule has 86 valence electrons. The van der Waals surface area contributed by atoms with Gasteiger partial charge in [0.25, 0.3) is 0 Å². The van der Waals surface area contributed by atoms with E-state index in [4.69, 9.17) is 0 Å². The fourth-order valence-electron chi connectivity index (χ4n) is 8.76. The molecule has 4 bridgehead atoms. The largest absolute Gasteiger partial charge is 0.396 e. The van der Waals surface area contributed by atoms with Gasteiger partial charge in [0, 0.05) is 5.41 Å². The van der Waals surface area contributed by atoms with Crippen LogP contribution in [0.2, 0.25) is 0 Å². The van der Waals surface area contributed by atoms with Gasteiger partial charge in [0.05, 0.1) is 13.2 Å². The third-order valence-corrected chi connectivity index (χ3v) is 8.32. The summed E-state index contributed by atoms with van der Waals surface area (Å²) in [5.74, 6) is 9.33. The maximum atomic E-state index is 9.87. The summed E-state index contributed by atoms with van der Waals surface area (Å²) in [6, 6.07) is 0. The SMILES string of the molecule is OCC1(CO)[C@H]2[C@@H]3[C@H]4[C@H]5C[C@H]6[C@H]4[C@@H]3[C@H]1[C@H]6[C@@H]52. The second kappa shape index (κ2) is 1.91. The quantitative estimate of drug-likeness (QED) is 0.712. The van der Waals surface area contributed by atoms with E-state index in [-0.39, 0.29) is 18.6 Å². The highest BCUT2D eigenvalue weighted by Crippen LogP contribution is 2.94. The molecule has 2 heteroatoms. The molecule has 0 saturated heterocycles. The maximum Gasteiger partial charge on any atom is 0.0515 e. The molecule has 0 aromatic carbocycles. The minimum Gasteiger partial charge on any atom is -0.396 e. The molecule has 2 N–H and O–H groups in total. The zero-order valence-electron chi connectivity index (χ0n) is 9.29. The van der Waals surface area contributed by atoms with E-state index in [9.17, 15) is 10.2 Å². The first-order valence-electron chi connectivity index (χ1n) is 7.07. The van der Waals surface area contributed by atoms with E-state index in [0.717, 1.165) is 59.2 Å². The van der Waals surface area contributed by atoms with Crippen LogP contribution < -0.4 is 0 Å². The Morgan fingerprint density at radius 1 is 0.750 bits per heavy atom. The lowest BCUT2D eigenvalue weighted by Gasteiger charge is -2.44. The molecule has 0 heterocycles. The van der Waals surface area contributed by atoms with Crippen LogP contribution in [0.15, 0.2) is 0 Å². The Hall–Kier alpha value is -0.0800. The van der Waals surface area contributed by atoms with Gasteiger partial charge in [-0.05, 0) is 65.6 Å². The molecule has 0 unspecified atom stereocenters. The zero-order chi connectivity index (χ0) is 10.4. The van der Waals surface area contributed by atoms with Crippen LogP contribution in [-0.4, -0.2) is 23.4 Å². The second-order valence-electron chi connectivity index (χ2n) is 7.63. The average Bonchev–Trinajstić information content (AvgIpc) is 2.88. The number of rotatable bonds is 2. The molecule has 7 fully saturated rings. The number of hydrogen-bond donors (Lipinski definition) is 2. The van der Waals surface area contributed by atoms with Gasteiger partial charge >= 0.3 is 0 Å². The summed E-state index contributed by atoms with van der Waals surface area (Å²) in [7, 11) is 0. The lowest BCUT2D eigenvalue weighted by atomic mass is 9.60. The molecule has 0 spiro atoms. The summed E-state index contributed by atoms with van der Waals surface area (Å²) in [5, 5.41) is 19.7. The predicted octanol–water partition coefficient (Wildman–Crippen LogP) is 0.591. The van der Waals surface area contributed by atoms with Crippen molar-refractivity contribution >= 4 is 0 Å². The van der Waals surface area contributed by atoms with Gasteiger partial charge in [-0.25, -0.2) is 0 Å². The summed E-state index contributed by atoms with van der Waals surface area (Å²) >= 11 is 0. The van der Waals surface area contributed by atoms with Crippen LogP contribution in [-0.2, 0) is 0 Å². The minimum atomic E-state index is -0.0401. The van der Waals surface area contributed by atoms with Crippen LogP contribution in [0.5, 0.6) is 0 Å². The van der Waals surface area contributed by atoms with Crippen molar-refractivity contribution < 1.29 is 10.2 Å². The first-order valence-corrected chi connectivity index (χ1v) is 7.07. The predicted molar refractivity (Wildman–Crippen MR) is 56.1 cm³/mol. The number of aliphatic hydroxyl groups is 2. The van der Waals surface area contributed by atoms with Gasteiger partial charge in [-0.15, -0.1) is 0 Å². The van der Waals surface area contributed by atoms with E-state index >= 15 is 0 Å². The van der Waals surface area contributed by atoms with E-state index in [1.165, 1.54) is 6.42 Å². The molecule has 10 atom stereocenters. The number of aliphatic hydroxyl groups excluding tert-OH is 2. The lowest BCUT2D eigenvalue weighted by Crippen LogP contribution is -2.41. The third kappa shape index (κ3) is 0.425. The molecule has 2 nitrogen and oxygen atoms in total. The van der Waals surface area contributed by atoms with Crippen molar-refractivity contribution in [2.75, 3.05) is 13.2 Å². The first-order chi connectivity index (χ1) is 7.85. The molecular weight excluding hydrogens is 200 g/mol. The molecule has 7 rings (SSSR count). The summed E-state index contributed by atoms with van der Waals surface area (Å²) < 4.78 is 0. The average molecular weight is 218 g/mol. The summed E-state index contributed by atoms with van der Waals surface area (Å²) in [5.41, 5.74) is -0.0401. The molecule has 0 aromatic rings. The smallest absolute Gasteiger partial charge is 0.0515 e. The normalized spacial score (nSPS) is 76.9. The van der Waals surface area contributed by atoms with Crippen molar-refractivity contribution in [3.63, 3.8) is 0 Å². The van der Waals surface area contributed by atoms with Crippen molar-refractivity contribution in [2.24, 2.45) is 64.6 Å². The van der Waals surface area contributed by atoms with Crippen molar-refractivity contribution in [2.45, 2.75) is 6.42 Å². The fourth-order valence-corrected chi connectivity index (χ4v) is 8.76. The highest BCUT2D eigenvalue weighted by Gasteiger charge is 2.91. The number of hydrogen-bond acceptors (Lipinski definition) is 2. The molecule has 0 radical (unpaired) electrons. The van der Waals surface area contributed by atoms with Crippen LogP contribution in [0.25, 0.3) is 0 Å². The monoisotopic (exact) mass is 218 g/mol. The van der Waals surface area contributed by atoms with Gasteiger partial charge in [0.2, 0.25) is 0 Å². The van der Waals surface area contributed by atoms with Crippen molar-refractivity contribution in [3.8, 4) is 0 Å². The lowest BCUT2D eigenvalue weighted by molar-refractivity contribution is 0.00446. The van der Waals surface area contributed by atoms with E-state index in [1.807, 2.05) is 0 Å². The molecule has 0 aliphatic heterocycles. The fraction of sp³-hybridized carbons (Fsp3) is 1.00. The molecule has 7 aliphatic rings. The summed E-state index contributed by atoms with van der Waals surface area (Å²) in [6.07, 6.45) is 1.53.